The number of allylic oxidation sites excluding steroid dienone is 1. The number of carbonyl (C=O) groups is 1. The smallest absolute Gasteiger partial charge is 0.237 e. The van der Waals surface area contributed by atoms with Crippen LogP contribution in [0.25, 0.3) is 0 Å². The first-order valence-electron chi connectivity index (χ1n) is 8.14. The van der Waals surface area contributed by atoms with E-state index in [1.807, 2.05) is 41.0 Å². The third kappa shape index (κ3) is 4.71. The summed E-state index contributed by atoms with van der Waals surface area (Å²) >= 11 is 1.42. The van der Waals surface area contributed by atoms with E-state index in [4.69, 9.17) is 0 Å². The average molecular weight is 344 g/mol. The zero-order valence-electron chi connectivity index (χ0n) is 14.3. The van der Waals surface area contributed by atoms with E-state index in [0.717, 1.165) is 35.9 Å². The molecular formula is C18H24N4OS. The highest BCUT2D eigenvalue weighted by Gasteiger charge is 2.15. The average Bonchev–Trinajstić information content (AvgIpc) is 3.00. The van der Waals surface area contributed by atoms with Gasteiger partial charge in [0.1, 0.15) is 5.82 Å². The first-order valence-corrected chi connectivity index (χ1v) is 9.13. The van der Waals surface area contributed by atoms with E-state index >= 15 is 0 Å². The summed E-state index contributed by atoms with van der Waals surface area (Å²) in [6, 6.07) is 9.63. The molecule has 0 aliphatic heterocycles. The second kappa shape index (κ2) is 9.27. The number of hydrogen-bond donors (Lipinski definition) is 0. The fourth-order valence-corrected chi connectivity index (χ4v) is 3.16. The van der Waals surface area contributed by atoms with E-state index in [1.165, 1.54) is 11.8 Å². The highest BCUT2D eigenvalue weighted by Crippen LogP contribution is 2.20. The molecule has 0 saturated carbocycles. The number of nitrogens with zero attached hydrogens (tertiary/aromatic N) is 4. The molecule has 128 valence electrons. The Balaban J connectivity index is 2.01. The lowest BCUT2D eigenvalue weighted by Crippen LogP contribution is -2.28. The van der Waals surface area contributed by atoms with Gasteiger partial charge in [-0.2, -0.15) is 0 Å². The van der Waals surface area contributed by atoms with E-state index < -0.39 is 0 Å². The summed E-state index contributed by atoms with van der Waals surface area (Å²) in [5.41, 5.74) is 0.888. The molecule has 0 radical (unpaired) electrons. The lowest BCUT2D eigenvalue weighted by molar-refractivity contribution is -0.115. The standard InChI is InChI=1S/C18H24N4OS/c1-4-6-12-16-19-20-18(22(16)13-5-2)24-14-17(23)21(3)15-10-8-7-9-11-15/h5,7-11H,2,4,6,12-14H2,1,3H3. The number of unbranched alkanes of at least 4 members (excludes halogenated alkanes) is 1. The maximum Gasteiger partial charge on any atom is 0.237 e. The van der Waals surface area contributed by atoms with Crippen LogP contribution in [0.3, 0.4) is 0 Å². The normalized spacial score (nSPS) is 10.6. The van der Waals surface area contributed by atoms with Gasteiger partial charge in [-0.1, -0.05) is 49.4 Å². The molecule has 0 N–H and O–H groups in total. The van der Waals surface area contributed by atoms with Crippen LogP contribution >= 0.6 is 11.8 Å². The van der Waals surface area contributed by atoms with Crippen LogP contribution in [-0.2, 0) is 17.8 Å². The summed E-state index contributed by atoms with van der Waals surface area (Å²) in [6.45, 7) is 6.62. The number of amides is 1. The molecule has 2 rings (SSSR count). The minimum atomic E-state index is 0.0365. The molecule has 24 heavy (non-hydrogen) atoms. The zero-order valence-corrected chi connectivity index (χ0v) is 15.1. The third-order valence-corrected chi connectivity index (χ3v) is 4.65. The Kier molecular flexibility index (Phi) is 7.06. The monoisotopic (exact) mass is 344 g/mol. The molecule has 1 heterocycles. The summed E-state index contributed by atoms with van der Waals surface area (Å²) in [7, 11) is 1.79. The van der Waals surface area contributed by atoms with Gasteiger partial charge >= 0.3 is 0 Å². The number of benzene rings is 1. The van der Waals surface area contributed by atoms with Crippen molar-refractivity contribution in [3.8, 4) is 0 Å². The van der Waals surface area contributed by atoms with Crippen LogP contribution in [0.5, 0.6) is 0 Å². The highest BCUT2D eigenvalue weighted by molar-refractivity contribution is 7.99. The Bertz CT molecular complexity index is 669. The van der Waals surface area contributed by atoms with E-state index in [-0.39, 0.29) is 5.91 Å². The molecule has 0 unspecified atom stereocenters. The molecule has 0 saturated heterocycles. The van der Waals surface area contributed by atoms with Crippen molar-refractivity contribution in [3.63, 3.8) is 0 Å². The predicted octanol–water partition coefficient (Wildman–Crippen LogP) is 3.56. The highest BCUT2D eigenvalue weighted by atomic mass is 32.2. The van der Waals surface area contributed by atoms with Gasteiger partial charge in [0.15, 0.2) is 5.16 Å². The molecule has 1 aromatic carbocycles. The van der Waals surface area contributed by atoms with Crippen LogP contribution in [-0.4, -0.2) is 33.5 Å². The number of thioether (sulfide) groups is 1. The van der Waals surface area contributed by atoms with Gasteiger partial charge in [-0.25, -0.2) is 0 Å². The van der Waals surface area contributed by atoms with Crippen LogP contribution in [0.15, 0.2) is 48.1 Å². The third-order valence-electron chi connectivity index (χ3n) is 3.70. The first kappa shape index (κ1) is 18.3. The SMILES string of the molecule is C=CCn1c(CCCC)nnc1SCC(=O)N(C)c1ccccc1. The van der Waals surface area contributed by atoms with Gasteiger partial charge in [-0.3, -0.25) is 4.79 Å². The quantitative estimate of drug-likeness (QED) is 0.515. The Morgan fingerprint density at radius 1 is 1.33 bits per heavy atom. The molecule has 0 fully saturated rings. The molecular weight excluding hydrogens is 320 g/mol. The summed E-state index contributed by atoms with van der Waals surface area (Å²) in [5, 5.41) is 9.30. The number of carbonyl (C=O) groups excluding carboxylic acids is 1. The van der Waals surface area contributed by atoms with Gasteiger partial charge in [-0.05, 0) is 18.6 Å². The maximum absolute atomic E-state index is 12.4. The first-order chi connectivity index (χ1) is 11.7. The zero-order chi connectivity index (χ0) is 17.4. The van der Waals surface area contributed by atoms with E-state index in [2.05, 4.69) is 23.7 Å². The molecule has 1 aromatic heterocycles. The minimum absolute atomic E-state index is 0.0365. The number of aryl methyl sites for hydroxylation is 1. The van der Waals surface area contributed by atoms with Crippen molar-refractivity contribution in [1.29, 1.82) is 0 Å². The molecule has 1 amide bonds. The lowest BCUT2D eigenvalue weighted by Gasteiger charge is -2.16. The number of anilines is 1. The van der Waals surface area contributed by atoms with Crippen molar-refractivity contribution in [2.75, 3.05) is 17.7 Å². The van der Waals surface area contributed by atoms with Crippen LogP contribution in [0.2, 0.25) is 0 Å². The molecule has 6 heteroatoms. The van der Waals surface area contributed by atoms with E-state index in [9.17, 15) is 4.79 Å². The molecule has 2 aromatic rings. The largest absolute Gasteiger partial charge is 0.315 e. The van der Waals surface area contributed by atoms with Crippen molar-refractivity contribution in [2.45, 2.75) is 37.9 Å². The van der Waals surface area contributed by atoms with Crippen LogP contribution in [0.1, 0.15) is 25.6 Å². The number of aromatic nitrogens is 3. The number of hydrogen-bond acceptors (Lipinski definition) is 4. The topological polar surface area (TPSA) is 51.0 Å². The number of rotatable bonds is 9. The van der Waals surface area contributed by atoms with Crippen molar-refractivity contribution < 1.29 is 4.79 Å². The van der Waals surface area contributed by atoms with E-state index in [1.54, 1.807) is 11.9 Å². The molecule has 0 spiro atoms. The van der Waals surface area contributed by atoms with Crippen molar-refractivity contribution in [3.05, 3.63) is 48.8 Å². The summed E-state index contributed by atoms with van der Waals surface area (Å²) in [4.78, 5) is 14.1. The number of para-hydroxylation sites is 1. The molecule has 0 atom stereocenters. The van der Waals surface area contributed by atoms with Crippen LogP contribution in [0, 0.1) is 0 Å². The summed E-state index contributed by atoms with van der Waals surface area (Å²) < 4.78 is 2.04. The van der Waals surface area contributed by atoms with Gasteiger partial charge < -0.3 is 9.47 Å². The Hall–Kier alpha value is -2.08. The van der Waals surface area contributed by atoms with E-state index in [0.29, 0.717) is 12.3 Å². The fraction of sp³-hybridized carbons (Fsp3) is 0.389. The van der Waals surface area contributed by atoms with Crippen LogP contribution < -0.4 is 4.90 Å². The lowest BCUT2D eigenvalue weighted by atomic mass is 10.2. The molecule has 0 bridgehead atoms. The van der Waals surface area contributed by atoms with Gasteiger partial charge in [-0.15, -0.1) is 16.8 Å². The summed E-state index contributed by atoms with van der Waals surface area (Å²) in [5.74, 6) is 1.33. The van der Waals surface area contributed by atoms with Crippen molar-refractivity contribution in [2.24, 2.45) is 0 Å². The van der Waals surface area contributed by atoms with Crippen molar-refractivity contribution in [1.82, 2.24) is 14.8 Å². The predicted molar refractivity (Wildman–Crippen MR) is 99.4 cm³/mol. The van der Waals surface area contributed by atoms with Gasteiger partial charge in [0.05, 0.1) is 5.75 Å². The second-order valence-corrected chi connectivity index (χ2v) is 6.42. The van der Waals surface area contributed by atoms with Gasteiger partial charge in [0.25, 0.3) is 0 Å². The fourth-order valence-electron chi connectivity index (χ4n) is 2.28. The van der Waals surface area contributed by atoms with Gasteiger partial charge in [0, 0.05) is 25.7 Å². The summed E-state index contributed by atoms with van der Waals surface area (Å²) in [6.07, 6.45) is 4.93. The van der Waals surface area contributed by atoms with Crippen molar-refractivity contribution >= 4 is 23.4 Å². The maximum atomic E-state index is 12.4. The molecule has 5 nitrogen and oxygen atoms in total. The Morgan fingerprint density at radius 3 is 2.75 bits per heavy atom. The second-order valence-electron chi connectivity index (χ2n) is 5.48. The van der Waals surface area contributed by atoms with Crippen LogP contribution in [0.4, 0.5) is 5.69 Å². The van der Waals surface area contributed by atoms with Gasteiger partial charge in [0.2, 0.25) is 5.91 Å². The minimum Gasteiger partial charge on any atom is -0.315 e. The molecule has 0 aliphatic rings. The molecule has 0 aliphatic carbocycles. The Morgan fingerprint density at radius 2 is 2.08 bits per heavy atom. The Labute approximate surface area is 147 Å².